The molecule has 3 heteroatoms. The first kappa shape index (κ1) is 9.16. The summed E-state index contributed by atoms with van der Waals surface area (Å²) in [5.41, 5.74) is 0. The molecular weight excluding hydrogens is 166 g/mol. The molecule has 0 aromatic carbocycles. The Morgan fingerprint density at radius 3 is 2.69 bits per heavy atom. The van der Waals surface area contributed by atoms with Gasteiger partial charge in [-0.1, -0.05) is 6.92 Å². The minimum atomic E-state index is 0.0752. The van der Waals surface area contributed by atoms with E-state index in [1.165, 1.54) is 5.06 Å². The third kappa shape index (κ3) is 1.30. The number of rotatable bonds is 1. The molecule has 3 nitrogen and oxygen atoms in total. The number of Topliss-reactive ketones (excluding diaryl/α,β-unsaturated/α-hetero) is 1. The Hall–Kier alpha value is -0.410. The van der Waals surface area contributed by atoms with Crippen LogP contribution in [0.25, 0.3) is 0 Å². The predicted octanol–water partition coefficient (Wildman–Crippen LogP) is 1.45. The Morgan fingerprint density at radius 2 is 2.08 bits per heavy atom. The van der Waals surface area contributed by atoms with Gasteiger partial charge in [-0.2, -0.15) is 5.06 Å². The minimum absolute atomic E-state index is 0.0752. The monoisotopic (exact) mass is 183 g/mol. The second-order valence-electron chi connectivity index (χ2n) is 4.52. The highest BCUT2D eigenvalue weighted by Gasteiger charge is 2.47. The molecule has 0 aromatic rings. The van der Waals surface area contributed by atoms with E-state index in [9.17, 15) is 10.0 Å². The summed E-state index contributed by atoms with van der Waals surface area (Å²) >= 11 is 0. The number of carbonyl (C=O) groups excluding carboxylic acids is 1. The van der Waals surface area contributed by atoms with E-state index in [-0.39, 0.29) is 17.7 Å². The average Bonchev–Trinajstić information content (AvgIpc) is 2.28. The highest BCUT2D eigenvalue weighted by atomic mass is 16.5. The largest absolute Gasteiger partial charge is 0.313 e. The van der Waals surface area contributed by atoms with Crippen molar-refractivity contribution >= 4 is 5.78 Å². The van der Waals surface area contributed by atoms with Crippen LogP contribution in [0.3, 0.4) is 0 Å². The molecule has 4 atom stereocenters. The van der Waals surface area contributed by atoms with Gasteiger partial charge < -0.3 is 5.21 Å². The summed E-state index contributed by atoms with van der Waals surface area (Å²) in [6.07, 6.45) is 2.91. The van der Waals surface area contributed by atoms with Crippen molar-refractivity contribution in [1.29, 1.82) is 0 Å². The quantitative estimate of drug-likeness (QED) is 0.669. The maximum absolute atomic E-state index is 11.3. The smallest absolute Gasteiger partial charge is 0.134 e. The Labute approximate surface area is 78.7 Å². The number of carbonyl (C=O) groups is 1. The van der Waals surface area contributed by atoms with Crippen LogP contribution in [0.4, 0.5) is 0 Å². The Balaban J connectivity index is 2.18. The summed E-state index contributed by atoms with van der Waals surface area (Å²) in [5, 5.41) is 11.2. The van der Waals surface area contributed by atoms with Crippen LogP contribution in [0.1, 0.15) is 33.1 Å². The lowest BCUT2D eigenvalue weighted by molar-refractivity contribution is -0.172. The molecule has 2 aliphatic rings. The fraction of sp³-hybridized carbons (Fsp3) is 0.900. The molecule has 74 valence electrons. The first-order valence-electron chi connectivity index (χ1n) is 5.09. The molecule has 0 amide bonds. The number of hydrogen-bond donors (Lipinski definition) is 1. The van der Waals surface area contributed by atoms with Gasteiger partial charge in [0.25, 0.3) is 0 Å². The first-order valence-corrected chi connectivity index (χ1v) is 5.09. The zero-order chi connectivity index (χ0) is 9.59. The van der Waals surface area contributed by atoms with Gasteiger partial charge in [0.05, 0.1) is 0 Å². The Bertz CT molecular complexity index is 229. The zero-order valence-corrected chi connectivity index (χ0v) is 8.23. The molecule has 0 radical (unpaired) electrons. The van der Waals surface area contributed by atoms with Crippen LogP contribution < -0.4 is 0 Å². The topological polar surface area (TPSA) is 40.5 Å². The van der Waals surface area contributed by atoms with E-state index in [0.717, 1.165) is 19.3 Å². The summed E-state index contributed by atoms with van der Waals surface area (Å²) in [6, 6.07) is 0.409. The molecule has 2 fully saturated rings. The fourth-order valence-corrected chi connectivity index (χ4v) is 2.93. The van der Waals surface area contributed by atoms with Gasteiger partial charge in [-0.05, 0) is 32.1 Å². The molecule has 0 aromatic heterocycles. The predicted molar refractivity (Wildman–Crippen MR) is 48.4 cm³/mol. The number of hydroxylamine groups is 2. The van der Waals surface area contributed by atoms with Crippen LogP contribution in [-0.2, 0) is 4.79 Å². The van der Waals surface area contributed by atoms with Gasteiger partial charge in [-0.15, -0.1) is 0 Å². The minimum Gasteiger partial charge on any atom is -0.313 e. The van der Waals surface area contributed by atoms with E-state index in [0.29, 0.717) is 12.0 Å². The van der Waals surface area contributed by atoms with Crippen molar-refractivity contribution in [3.63, 3.8) is 0 Å². The van der Waals surface area contributed by atoms with Crippen molar-refractivity contribution in [2.75, 3.05) is 0 Å². The lowest BCUT2D eigenvalue weighted by Gasteiger charge is -2.34. The first-order chi connectivity index (χ1) is 6.11. The number of ketones is 1. The second kappa shape index (κ2) is 3.07. The van der Waals surface area contributed by atoms with E-state index in [4.69, 9.17) is 0 Å². The summed E-state index contributed by atoms with van der Waals surface area (Å²) < 4.78 is 0. The van der Waals surface area contributed by atoms with Crippen LogP contribution in [0.15, 0.2) is 0 Å². The fourth-order valence-electron chi connectivity index (χ4n) is 2.93. The normalized spacial score (nSPS) is 45.2. The molecular formula is C10H17NO2. The average molecular weight is 183 g/mol. The summed E-state index contributed by atoms with van der Waals surface area (Å²) in [6.45, 7) is 3.80. The highest BCUT2D eigenvalue weighted by Crippen LogP contribution is 2.41. The molecule has 2 aliphatic heterocycles. The van der Waals surface area contributed by atoms with Crippen molar-refractivity contribution < 1.29 is 10.0 Å². The molecule has 0 saturated carbocycles. The maximum Gasteiger partial charge on any atom is 0.134 e. The van der Waals surface area contributed by atoms with Crippen molar-refractivity contribution in [1.82, 2.24) is 5.06 Å². The van der Waals surface area contributed by atoms with Crippen LogP contribution in [0.5, 0.6) is 0 Å². The Kier molecular flexibility index (Phi) is 2.16. The van der Waals surface area contributed by atoms with Crippen LogP contribution in [-0.4, -0.2) is 28.1 Å². The molecule has 13 heavy (non-hydrogen) atoms. The van der Waals surface area contributed by atoms with Crippen molar-refractivity contribution in [3.8, 4) is 0 Å². The summed E-state index contributed by atoms with van der Waals surface area (Å²) in [4.78, 5) is 11.3. The summed E-state index contributed by atoms with van der Waals surface area (Å²) in [5.74, 6) is 0.849. The molecule has 2 heterocycles. The van der Waals surface area contributed by atoms with E-state index < -0.39 is 0 Å². The number of nitrogens with zero attached hydrogens (tertiary/aromatic N) is 1. The van der Waals surface area contributed by atoms with Crippen LogP contribution >= 0.6 is 0 Å². The van der Waals surface area contributed by atoms with Gasteiger partial charge in [0.2, 0.25) is 0 Å². The zero-order valence-electron chi connectivity index (χ0n) is 8.23. The van der Waals surface area contributed by atoms with Gasteiger partial charge >= 0.3 is 0 Å². The van der Waals surface area contributed by atoms with Gasteiger partial charge in [0, 0.05) is 18.0 Å². The third-order valence-electron chi connectivity index (χ3n) is 3.71. The van der Waals surface area contributed by atoms with Crippen LogP contribution in [0, 0.1) is 11.8 Å². The second-order valence-corrected chi connectivity index (χ2v) is 4.52. The Morgan fingerprint density at radius 1 is 1.38 bits per heavy atom. The molecule has 2 bridgehead atoms. The number of piperidine rings is 1. The van der Waals surface area contributed by atoms with Gasteiger partial charge in [-0.25, -0.2) is 0 Å². The maximum atomic E-state index is 11.3. The van der Waals surface area contributed by atoms with Gasteiger partial charge in [-0.3, -0.25) is 4.79 Å². The van der Waals surface area contributed by atoms with Crippen molar-refractivity contribution in [2.45, 2.75) is 45.2 Å². The van der Waals surface area contributed by atoms with Gasteiger partial charge in [0.1, 0.15) is 5.78 Å². The molecule has 2 saturated heterocycles. The third-order valence-corrected chi connectivity index (χ3v) is 3.71. The van der Waals surface area contributed by atoms with Crippen LogP contribution in [0.2, 0.25) is 0 Å². The molecule has 2 rings (SSSR count). The number of hydrogen-bond acceptors (Lipinski definition) is 3. The summed E-state index contributed by atoms with van der Waals surface area (Å²) in [7, 11) is 0. The van der Waals surface area contributed by atoms with Crippen molar-refractivity contribution in [3.05, 3.63) is 0 Å². The molecule has 0 aliphatic carbocycles. The molecule has 4 unspecified atom stereocenters. The van der Waals surface area contributed by atoms with E-state index in [1.54, 1.807) is 6.92 Å². The molecule has 1 N–H and O–H groups in total. The van der Waals surface area contributed by atoms with E-state index >= 15 is 0 Å². The van der Waals surface area contributed by atoms with Crippen molar-refractivity contribution in [2.24, 2.45) is 11.8 Å². The standard InChI is InChI=1S/C10H17NO2/c1-6-5-10-8(7(2)12)3-4-9(6)11(10)13/h6,8-10,13H,3-5H2,1-2H3. The van der Waals surface area contributed by atoms with E-state index in [2.05, 4.69) is 6.92 Å². The molecule has 0 spiro atoms. The van der Waals surface area contributed by atoms with E-state index in [1.807, 2.05) is 0 Å². The lowest BCUT2D eigenvalue weighted by atomic mass is 9.89. The SMILES string of the molecule is CC(=O)C1CCC2C(C)CC1N2O. The van der Waals surface area contributed by atoms with Gasteiger partial charge in [0.15, 0.2) is 0 Å². The number of fused-ring (bicyclic) bond motifs is 2. The highest BCUT2D eigenvalue weighted by molar-refractivity contribution is 5.79. The lowest BCUT2D eigenvalue weighted by Crippen LogP contribution is -2.45.